The lowest BCUT2D eigenvalue weighted by Crippen LogP contribution is -2.46. The number of carbonyl (C=O) groups excluding carboxylic acids is 2. The van der Waals surface area contributed by atoms with Crippen LogP contribution in [0.25, 0.3) is 0 Å². The van der Waals surface area contributed by atoms with E-state index in [-0.39, 0.29) is 46.9 Å². The zero-order valence-electron chi connectivity index (χ0n) is 15.4. The third-order valence-corrected chi connectivity index (χ3v) is 10.7. The van der Waals surface area contributed by atoms with Crippen LogP contribution in [0.2, 0.25) is 18.1 Å². The maximum atomic E-state index is 12.0. The monoisotopic (exact) mass is 352 g/mol. The van der Waals surface area contributed by atoms with E-state index in [4.69, 9.17) is 13.9 Å². The Labute approximate surface area is 144 Å². The fourth-order valence-electron chi connectivity index (χ4n) is 3.80. The van der Waals surface area contributed by atoms with Gasteiger partial charge in [0.1, 0.15) is 6.10 Å². The number of hydrogen-bond acceptors (Lipinski definition) is 5. The van der Waals surface area contributed by atoms with E-state index < -0.39 is 8.32 Å². The summed E-state index contributed by atoms with van der Waals surface area (Å²) in [6.45, 7) is 13.6. The maximum Gasteiger partial charge on any atom is 0.318 e. The lowest BCUT2D eigenvalue weighted by Gasteiger charge is -2.40. The Morgan fingerprint density at radius 2 is 1.88 bits per heavy atom. The largest absolute Gasteiger partial charge is 0.411 e. The summed E-state index contributed by atoms with van der Waals surface area (Å²) < 4.78 is 17.4. The number of hydrogen-bond donors (Lipinski definition) is 0. The second-order valence-electron chi connectivity index (χ2n) is 8.76. The van der Waals surface area contributed by atoms with Crippen molar-refractivity contribution in [3.63, 3.8) is 0 Å². The molecule has 1 aliphatic carbocycles. The van der Waals surface area contributed by atoms with Gasteiger partial charge in [-0.3, -0.25) is 9.59 Å². The van der Waals surface area contributed by atoms with Crippen molar-refractivity contribution < 1.29 is 23.5 Å². The summed E-state index contributed by atoms with van der Waals surface area (Å²) in [6.07, 6.45) is 2.45. The fraction of sp³-hybridized carbons (Fsp3) is 0.778. The molecular formula is C18H28O5Si. The molecule has 5 atom stereocenters. The van der Waals surface area contributed by atoms with Crippen LogP contribution in [0.5, 0.6) is 0 Å². The SMILES string of the molecule is C[C@H](O[Si](C)(C)C(C)(C)C)[C@@H]1OC[C@@H]2C1=CC[C@@H]1C(=O)OC(=O)[C@@H]12. The molecule has 0 saturated carbocycles. The molecule has 0 aromatic carbocycles. The van der Waals surface area contributed by atoms with Crippen molar-refractivity contribution in [1.82, 2.24) is 0 Å². The molecule has 2 aliphatic heterocycles. The Hall–Kier alpha value is -0.983. The van der Waals surface area contributed by atoms with Crippen LogP contribution in [0.15, 0.2) is 11.6 Å². The zero-order valence-corrected chi connectivity index (χ0v) is 16.4. The van der Waals surface area contributed by atoms with E-state index in [2.05, 4.69) is 46.9 Å². The molecule has 0 aromatic rings. The summed E-state index contributed by atoms with van der Waals surface area (Å²) in [4.78, 5) is 23.8. The topological polar surface area (TPSA) is 61.8 Å². The van der Waals surface area contributed by atoms with Gasteiger partial charge in [-0.05, 0) is 37.0 Å². The van der Waals surface area contributed by atoms with Crippen LogP contribution in [0, 0.1) is 17.8 Å². The van der Waals surface area contributed by atoms with Gasteiger partial charge in [0.05, 0.1) is 24.5 Å². The predicted molar refractivity (Wildman–Crippen MR) is 91.8 cm³/mol. The molecule has 0 radical (unpaired) electrons. The van der Waals surface area contributed by atoms with E-state index in [1.165, 1.54) is 0 Å². The van der Waals surface area contributed by atoms with Crippen molar-refractivity contribution in [3.8, 4) is 0 Å². The average Bonchev–Trinajstić information content (AvgIpc) is 2.98. The molecule has 24 heavy (non-hydrogen) atoms. The first kappa shape index (κ1) is 17.8. The average molecular weight is 353 g/mol. The van der Waals surface area contributed by atoms with E-state index in [0.29, 0.717) is 13.0 Å². The first-order chi connectivity index (χ1) is 11.0. The van der Waals surface area contributed by atoms with Gasteiger partial charge in [-0.2, -0.15) is 0 Å². The normalized spacial score (nSPS) is 34.5. The van der Waals surface area contributed by atoms with Crippen LogP contribution < -0.4 is 0 Å². The highest BCUT2D eigenvalue weighted by Gasteiger charge is 2.55. The van der Waals surface area contributed by atoms with Crippen LogP contribution in [0.3, 0.4) is 0 Å². The van der Waals surface area contributed by atoms with Crippen molar-refractivity contribution in [2.75, 3.05) is 6.61 Å². The molecule has 0 amide bonds. The number of carbonyl (C=O) groups is 2. The Morgan fingerprint density at radius 3 is 2.50 bits per heavy atom. The first-order valence-corrected chi connectivity index (χ1v) is 11.7. The molecule has 0 bridgehead atoms. The van der Waals surface area contributed by atoms with Gasteiger partial charge in [-0.25, -0.2) is 0 Å². The van der Waals surface area contributed by atoms with E-state index in [1.54, 1.807) is 0 Å². The molecule has 2 heterocycles. The Balaban J connectivity index is 1.77. The highest BCUT2D eigenvalue weighted by Crippen LogP contribution is 2.47. The number of cyclic esters (lactones) is 2. The van der Waals surface area contributed by atoms with E-state index in [0.717, 1.165) is 5.57 Å². The molecule has 6 heteroatoms. The van der Waals surface area contributed by atoms with Gasteiger partial charge >= 0.3 is 11.9 Å². The van der Waals surface area contributed by atoms with Gasteiger partial charge in [0, 0.05) is 5.92 Å². The molecule has 2 saturated heterocycles. The van der Waals surface area contributed by atoms with E-state index in [9.17, 15) is 9.59 Å². The summed E-state index contributed by atoms with van der Waals surface area (Å²) >= 11 is 0. The first-order valence-electron chi connectivity index (χ1n) is 8.78. The summed E-state index contributed by atoms with van der Waals surface area (Å²) in [5, 5.41) is 0.132. The number of allylic oxidation sites excluding steroid dienone is 1. The number of rotatable bonds is 3. The quantitative estimate of drug-likeness (QED) is 0.338. The maximum absolute atomic E-state index is 12.0. The molecule has 0 unspecified atom stereocenters. The van der Waals surface area contributed by atoms with Gasteiger partial charge in [0.25, 0.3) is 0 Å². The smallest absolute Gasteiger partial charge is 0.318 e. The number of fused-ring (bicyclic) bond motifs is 3. The Morgan fingerprint density at radius 1 is 1.21 bits per heavy atom. The molecule has 3 aliphatic rings. The summed E-state index contributed by atoms with van der Waals surface area (Å²) in [6, 6.07) is 0. The summed E-state index contributed by atoms with van der Waals surface area (Å²) in [5.74, 6) is -1.51. The van der Waals surface area contributed by atoms with E-state index >= 15 is 0 Å². The minimum Gasteiger partial charge on any atom is -0.411 e. The Bertz CT molecular complexity index is 589. The minimum absolute atomic E-state index is 0.0434. The second kappa shape index (κ2) is 5.78. The standard InChI is InChI=1S/C18H28O5Si/c1-10(23-24(5,6)18(2,3)4)15-11-7-8-12-14(13(11)9-21-15)17(20)22-16(12)19/h7,10,12-15H,8-9H2,1-6H3/t10-,12-,13+,14-,15-/m0/s1. The molecule has 134 valence electrons. The fourth-order valence-corrected chi connectivity index (χ4v) is 5.21. The number of ether oxygens (including phenoxy) is 2. The molecular weight excluding hydrogens is 324 g/mol. The van der Waals surface area contributed by atoms with Crippen LogP contribution in [-0.2, 0) is 23.5 Å². The minimum atomic E-state index is -1.90. The molecule has 2 fully saturated rings. The highest BCUT2D eigenvalue weighted by atomic mass is 28.4. The van der Waals surface area contributed by atoms with Crippen LogP contribution in [0.1, 0.15) is 34.1 Å². The predicted octanol–water partition coefficient (Wildman–Crippen LogP) is 3.06. The molecule has 3 rings (SSSR count). The van der Waals surface area contributed by atoms with Crippen LogP contribution in [-0.4, -0.2) is 39.1 Å². The zero-order chi connectivity index (χ0) is 17.9. The van der Waals surface area contributed by atoms with Crippen molar-refractivity contribution in [2.45, 2.75) is 64.5 Å². The molecule has 0 N–H and O–H groups in total. The second-order valence-corrected chi connectivity index (χ2v) is 13.5. The van der Waals surface area contributed by atoms with Gasteiger partial charge in [0.15, 0.2) is 8.32 Å². The molecule has 5 nitrogen and oxygen atoms in total. The van der Waals surface area contributed by atoms with Crippen LogP contribution >= 0.6 is 0 Å². The van der Waals surface area contributed by atoms with Gasteiger partial charge in [0.2, 0.25) is 0 Å². The Kier molecular flexibility index (Phi) is 4.29. The van der Waals surface area contributed by atoms with Crippen molar-refractivity contribution in [2.24, 2.45) is 17.8 Å². The van der Waals surface area contributed by atoms with Crippen molar-refractivity contribution >= 4 is 20.3 Å². The lowest BCUT2D eigenvalue weighted by atomic mass is 9.73. The highest BCUT2D eigenvalue weighted by molar-refractivity contribution is 6.74. The number of esters is 2. The van der Waals surface area contributed by atoms with Crippen molar-refractivity contribution in [1.29, 1.82) is 0 Å². The third kappa shape index (κ3) is 2.78. The van der Waals surface area contributed by atoms with Gasteiger partial charge in [-0.15, -0.1) is 0 Å². The third-order valence-electron chi connectivity index (χ3n) is 6.18. The van der Waals surface area contributed by atoms with Crippen molar-refractivity contribution in [3.05, 3.63) is 11.6 Å². The van der Waals surface area contributed by atoms with E-state index in [1.807, 2.05) is 0 Å². The lowest BCUT2D eigenvalue weighted by molar-refractivity contribution is -0.154. The molecule has 0 spiro atoms. The molecule has 0 aromatic heterocycles. The van der Waals surface area contributed by atoms with Crippen LogP contribution in [0.4, 0.5) is 0 Å². The summed E-state index contributed by atoms with van der Waals surface area (Å²) in [7, 11) is -1.90. The van der Waals surface area contributed by atoms with Gasteiger partial charge in [-0.1, -0.05) is 26.8 Å². The van der Waals surface area contributed by atoms with Gasteiger partial charge < -0.3 is 13.9 Å². The summed E-state index contributed by atoms with van der Waals surface area (Å²) in [5.41, 5.74) is 1.12.